The summed E-state index contributed by atoms with van der Waals surface area (Å²) in [5, 5.41) is 3.44. The summed E-state index contributed by atoms with van der Waals surface area (Å²) in [6.07, 6.45) is 2.17. The van der Waals surface area contributed by atoms with E-state index in [0.29, 0.717) is 6.61 Å². The van der Waals surface area contributed by atoms with Crippen LogP contribution in [0.1, 0.15) is 43.0 Å². The molecular formula is C22H22N2O2. The maximum atomic E-state index is 13.7. The number of allylic oxidation sites excluding steroid dienone is 1. The van der Waals surface area contributed by atoms with Gasteiger partial charge in [0.05, 0.1) is 17.8 Å². The molecule has 3 aliphatic rings. The van der Waals surface area contributed by atoms with Gasteiger partial charge in [-0.05, 0) is 57.0 Å². The lowest BCUT2D eigenvalue weighted by atomic mass is 9.88. The molecule has 1 unspecified atom stereocenters. The van der Waals surface area contributed by atoms with E-state index in [1.165, 1.54) is 5.57 Å². The maximum Gasteiger partial charge on any atom is 0.286 e. The number of carbonyl (C=O) groups is 1. The molecule has 26 heavy (non-hydrogen) atoms. The van der Waals surface area contributed by atoms with Crippen molar-refractivity contribution in [1.82, 2.24) is 0 Å². The normalized spacial score (nSPS) is 24.8. The lowest BCUT2D eigenvalue weighted by Gasteiger charge is -2.40. The molecule has 2 aromatic rings. The Labute approximate surface area is 153 Å². The number of nitrogens with one attached hydrogen (secondary N) is 1. The molecule has 1 amide bonds. The third-order valence-corrected chi connectivity index (χ3v) is 5.70. The number of hydrogen-bond donors (Lipinski definition) is 1. The summed E-state index contributed by atoms with van der Waals surface area (Å²) in [7, 11) is 0. The van der Waals surface area contributed by atoms with Crippen molar-refractivity contribution >= 4 is 22.9 Å². The number of para-hydroxylation sites is 1. The van der Waals surface area contributed by atoms with E-state index in [0.717, 1.165) is 33.6 Å². The molecule has 3 aliphatic heterocycles. The van der Waals surface area contributed by atoms with Gasteiger partial charge in [0.1, 0.15) is 0 Å². The van der Waals surface area contributed by atoms with Crippen LogP contribution in [0.4, 0.5) is 11.4 Å². The molecule has 0 saturated heterocycles. The monoisotopic (exact) mass is 346 g/mol. The van der Waals surface area contributed by atoms with Crippen LogP contribution in [0.25, 0.3) is 5.57 Å². The fourth-order valence-corrected chi connectivity index (χ4v) is 4.63. The molecule has 0 aliphatic carbocycles. The number of nitrogens with zero attached hydrogens (tertiary/aromatic N) is 1. The van der Waals surface area contributed by atoms with Gasteiger partial charge in [-0.25, -0.2) is 0 Å². The summed E-state index contributed by atoms with van der Waals surface area (Å²) < 4.78 is 6.26. The molecule has 1 spiro atoms. The van der Waals surface area contributed by atoms with Crippen LogP contribution in [0.5, 0.6) is 0 Å². The van der Waals surface area contributed by atoms with Gasteiger partial charge in [0.2, 0.25) is 5.72 Å². The average molecular weight is 346 g/mol. The Morgan fingerprint density at radius 2 is 1.92 bits per heavy atom. The van der Waals surface area contributed by atoms with E-state index in [-0.39, 0.29) is 5.91 Å². The van der Waals surface area contributed by atoms with Crippen molar-refractivity contribution in [2.75, 3.05) is 10.2 Å². The van der Waals surface area contributed by atoms with Gasteiger partial charge in [-0.1, -0.05) is 24.3 Å². The molecule has 0 radical (unpaired) electrons. The summed E-state index contributed by atoms with van der Waals surface area (Å²) in [5.74, 6) is -0.0393. The van der Waals surface area contributed by atoms with Gasteiger partial charge in [0.15, 0.2) is 0 Å². The van der Waals surface area contributed by atoms with Crippen molar-refractivity contribution in [2.45, 2.75) is 45.6 Å². The number of ether oxygens (including phenoxy) is 1. The van der Waals surface area contributed by atoms with E-state index in [4.69, 9.17) is 4.74 Å². The molecule has 0 fully saturated rings. The molecule has 2 aromatic carbocycles. The van der Waals surface area contributed by atoms with Crippen LogP contribution in [-0.4, -0.2) is 11.4 Å². The smallest absolute Gasteiger partial charge is 0.286 e. The van der Waals surface area contributed by atoms with E-state index < -0.39 is 11.3 Å². The SMILES string of the molecule is CC1=CC(C)(C)N2C(=O)C3(Nc4ccccc4CO3)c3cc(C)cc1c32. The minimum absolute atomic E-state index is 0.0393. The van der Waals surface area contributed by atoms with E-state index in [2.05, 4.69) is 51.2 Å². The van der Waals surface area contributed by atoms with Gasteiger partial charge in [-0.15, -0.1) is 0 Å². The lowest BCUT2D eigenvalue weighted by Crippen LogP contribution is -2.55. The highest BCUT2D eigenvalue weighted by Crippen LogP contribution is 2.54. The first-order valence-corrected chi connectivity index (χ1v) is 9.03. The second-order valence-corrected chi connectivity index (χ2v) is 8.08. The molecule has 132 valence electrons. The zero-order chi connectivity index (χ0) is 18.3. The van der Waals surface area contributed by atoms with Gasteiger partial charge in [0, 0.05) is 22.4 Å². The fraction of sp³-hybridized carbons (Fsp3) is 0.318. The van der Waals surface area contributed by atoms with Crippen LogP contribution in [0.2, 0.25) is 0 Å². The summed E-state index contributed by atoms with van der Waals surface area (Å²) >= 11 is 0. The summed E-state index contributed by atoms with van der Waals surface area (Å²) in [4.78, 5) is 15.6. The van der Waals surface area contributed by atoms with Crippen LogP contribution < -0.4 is 10.2 Å². The van der Waals surface area contributed by atoms with E-state index >= 15 is 0 Å². The van der Waals surface area contributed by atoms with E-state index in [1.54, 1.807) is 0 Å². The first-order chi connectivity index (χ1) is 12.3. The van der Waals surface area contributed by atoms with Crippen LogP contribution >= 0.6 is 0 Å². The van der Waals surface area contributed by atoms with Gasteiger partial charge in [0.25, 0.3) is 5.91 Å². The number of rotatable bonds is 0. The maximum absolute atomic E-state index is 13.7. The number of fused-ring (bicyclic) bond motifs is 2. The predicted molar refractivity (Wildman–Crippen MR) is 103 cm³/mol. The van der Waals surface area contributed by atoms with Crippen LogP contribution in [0.15, 0.2) is 42.5 Å². The van der Waals surface area contributed by atoms with Crippen molar-refractivity contribution < 1.29 is 9.53 Å². The topological polar surface area (TPSA) is 41.6 Å². The average Bonchev–Trinajstić information content (AvgIpc) is 2.82. The highest BCUT2D eigenvalue weighted by molar-refractivity contribution is 6.13. The van der Waals surface area contributed by atoms with Crippen molar-refractivity contribution in [3.05, 3.63) is 64.7 Å². The molecule has 3 heterocycles. The molecular weight excluding hydrogens is 324 g/mol. The Kier molecular flexibility index (Phi) is 2.87. The Hall–Kier alpha value is -2.59. The fourth-order valence-electron chi connectivity index (χ4n) is 4.63. The van der Waals surface area contributed by atoms with E-state index in [1.807, 2.05) is 29.2 Å². The third-order valence-electron chi connectivity index (χ3n) is 5.70. The molecule has 4 nitrogen and oxygen atoms in total. The largest absolute Gasteiger partial charge is 0.345 e. The van der Waals surface area contributed by atoms with Crippen LogP contribution in [-0.2, 0) is 21.9 Å². The number of carbonyl (C=O) groups excluding carboxylic acids is 1. The predicted octanol–water partition coefficient (Wildman–Crippen LogP) is 4.33. The Balaban J connectivity index is 1.79. The standard InChI is InChI=1S/C22H22N2O2/c1-13-9-16-14(2)11-21(3,4)24-19(16)17(10-13)22(20(24)25)23-18-8-6-5-7-15(18)12-26-22/h5-11,23H,12H2,1-4H3. The van der Waals surface area contributed by atoms with Crippen molar-refractivity contribution in [3.8, 4) is 0 Å². The zero-order valence-electron chi connectivity index (χ0n) is 15.5. The molecule has 5 rings (SSSR count). The van der Waals surface area contributed by atoms with Crippen molar-refractivity contribution in [2.24, 2.45) is 0 Å². The number of hydrogen-bond acceptors (Lipinski definition) is 3. The molecule has 0 saturated carbocycles. The van der Waals surface area contributed by atoms with Crippen LogP contribution in [0, 0.1) is 6.92 Å². The number of benzene rings is 2. The highest BCUT2D eigenvalue weighted by atomic mass is 16.5. The molecule has 1 atom stereocenters. The third kappa shape index (κ3) is 1.80. The van der Waals surface area contributed by atoms with E-state index in [9.17, 15) is 4.79 Å². The van der Waals surface area contributed by atoms with Crippen molar-refractivity contribution in [1.29, 1.82) is 0 Å². The molecule has 4 heteroatoms. The lowest BCUT2D eigenvalue weighted by molar-refractivity contribution is -0.143. The van der Waals surface area contributed by atoms with Gasteiger partial charge in [-0.3, -0.25) is 9.69 Å². The first-order valence-electron chi connectivity index (χ1n) is 9.03. The van der Waals surface area contributed by atoms with Crippen LogP contribution in [0.3, 0.4) is 0 Å². The summed E-state index contributed by atoms with van der Waals surface area (Å²) in [6, 6.07) is 12.3. The Morgan fingerprint density at radius 1 is 1.15 bits per heavy atom. The molecule has 1 N–H and O–H groups in total. The quantitative estimate of drug-likeness (QED) is 0.772. The first kappa shape index (κ1) is 15.6. The second-order valence-electron chi connectivity index (χ2n) is 8.08. The second kappa shape index (κ2) is 4.77. The minimum Gasteiger partial charge on any atom is -0.345 e. The van der Waals surface area contributed by atoms with Gasteiger partial charge >= 0.3 is 0 Å². The molecule has 0 bridgehead atoms. The molecule has 0 aromatic heterocycles. The van der Waals surface area contributed by atoms with Gasteiger partial charge < -0.3 is 10.1 Å². The zero-order valence-corrected chi connectivity index (χ0v) is 15.5. The van der Waals surface area contributed by atoms with Crippen molar-refractivity contribution in [3.63, 3.8) is 0 Å². The number of anilines is 2. The summed E-state index contributed by atoms with van der Waals surface area (Å²) in [6.45, 7) is 8.77. The minimum atomic E-state index is -1.15. The number of amides is 1. The Morgan fingerprint density at radius 3 is 2.73 bits per heavy atom. The highest BCUT2D eigenvalue weighted by Gasteiger charge is 2.58. The van der Waals surface area contributed by atoms with Gasteiger partial charge in [-0.2, -0.15) is 0 Å². The Bertz CT molecular complexity index is 1010. The summed E-state index contributed by atoms with van der Waals surface area (Å²) in [5.41, 5.74) is 5.84. The number of aryl methyl sites for hydroxylation is 1.